The van der Waals surface area contributed by atoms with Crippen molar-refractivity contribution in [1.82, 2.24) is 4.98 Å². The van der Waals surface area contributed by atoms with Crippen LogP contribution in [-0.4, -0.2) is 17.7 Å². The zero-order valence-corrected chi connectivity index (χ0v) is 12.3. The van der Waals surface area contributed by atoms with E-state index >= 15 is 0 Å². The molecular weight excluding hydrogens is 302 g/mol. The van der Waals surface area contributed by atoms with Gasteiger partial charge >= 0.3 is 5.97 Å². The normalized spacial score (nSPS) is 12.5. The Kier molecular flexibility index (Phi) is 3.16. The van der Waals surface area contributed by atoms with Gasteiger partial charge < -0.3 is 14.2 Å². The lowest BCUT2D eigenvalue weighted by Crippen LogP contribution is -2.06. The predicted octanol–water partition coefficient (Wildman–Crippen LogP) is 3.38. The second kappa shape index (κ2) is 5.31. The number of hydrogen-bond donors (Lipinski definition) is 0. The molecule has 4 rings (SSSR count). The molecule has 0 unspecified atom stereocenters. The highest BCUT2D eigenvalue weighted by molar-refractivity contribution is 7.18. The lowest BCUT2D eigenvalue weighted by atomic mass is 10.2. The summed E-state index contributed by atoms with van der Waals surface area (Å²) in [5.74, 6) is 0.563. The van der Waals surface area contributed by atoms with Crippen molar-refractivity contribution < 1.29 is 19.0 Å². The Morgan fingerprint density at radius 1 is 1.18 bits per heavy atom. The molecule has 0 aliphatic carbocycles. The monoisotopic (exact) mass is 313 g/mol. The van der Waals surface area contributed by atoms with E-state index in [0.717, 1.165) is 15.2 Å². The van der Waals surface area contributed by atoms with E-state index < -0.39 is 5.97 Å². The fourth-order valence-corrected chi connectivity index (χ4v) is 3.16. The summed E-state index contributed by atoms with van der Waals surface area (Å²) < 4.78 is 17.0. The van der Waals surface area contributed by atoms with Gasteiger partial charge in [-0.05, 0) is 24.3 Å². The molecule has 0 spiro atoms. The van der Waals surface area contributed by atoms with Crippen molar-refractivity contribution in [2.24, 2.45) is 0 Å². The highest BCUT2D eigenvalue weighted by atomic mass is 32.1. The quantitative estimate of drug-likeness (QED) is 0.694. The Labute approximate surface area is 130 Å². The molecule has 0 N–H and O–H groups in total. The minimum absolute atomic E-state index is 0.123. The number of nitrogens with zero attached hydrogens (tertiary/aromatic N) is 1. The molecule has 0 saturated carbocycles. The lowest BCUT2D eigenvalue weighted by molar-refractivity contribution is 0.0468. The molecule has 0 atom stereocenters. The van der Waals surface area contributed by atoms with Gasteiger partial charge in [-0.15, -0.1) is 11.3 Å². The molecular formula is C16H11NO4S. The molecule has 0 bridgehead atoms. The van der Waals surface area contributed by atoms with E-state index in [-0.39, 0.29) is 13.4 Å². The third-order valence-corrected chi connectivity index (χ3v) is 4.29. The first-order valence-corrected chi connectivity index (χ1v) is 7.53. The molecule has 3 aromatic rings. The minimum atomic E-state index is -0.443. The van der Waals surface area contributed by atoms with Crippen molar-refractivity contribution in [1.29, 1.82) is 0 Å². The van der Waals surface area contributed by atoms with Gasteiger partial charge in [-0.1, -0.05) is 18.2 Å². The van der Waals surface area contributed by atoms with Crippen molar-refractivity contribution in [3.05, 3.63) is 53.0 Å². The van der Waals surface area contributed by atoms with Crippen molar-refractivity contribution in [3.63, 3.8) is 0 Å². The SMILES string of the molecule is O=C(OCc1nc2ccccc2s1)c1cccc2c1OCO2. The van der Waals surface area contributed by atoms with E-state index in [1.54, 1.807) is 18.2 Å². The van der Waals surface area contributed by atoms with Gasteiger partial charge in [0.1, 0.15) is 17.2 Å². The van der Waals surface area contributed by atoms with Crippen LogP contribution in [0.5, 0.6) is 11.5 Å². The molecule has 0 fully saturated rings. The Hall–Kier alpha value is -2.60. The van der Waals surface area contributed by atoms with E-state index in [2.05, 4.69) is 4.98 Å². The van der Waals surface area contributed by atoms with Crippen LogP contribution in [0.25, 0.3) is 10.2 Å². The summed E-state index contributed by atoms with van der Waals surface area (Å²) >= 11 is 1.52. The average Bonchev–Trinajstić information content (AvgIpc) is 3.18. The standard InChI is InChI=1S/C16H11NO4S/c18-16(10-4-3-6-12-15(10)21-9-20-12)19-8-14-17-11-5-1-2-7-13(11)22-14/h1-7H,8-9H2. The number of carbonyl (C=O) groups excluding carboxylic acids is 1. The van der Waals surface area contributed by atoms with Crippen LogP contribution in [0.1, 0.15) is 15.4 Å². The maximum absolute atomic E-state index is 12.2. The molecule has 0 radical (unpaired) electrons. The number of para-hydroxylation sites is 2. The predicted molar refractivity (Wildman–Crippen MR) is 81.3 cm³/mol. The summed E-state index contributed by atoms with van der Waals surface area (Å²) in [5.41, 5.74) is 1.28. The first-order valence-electron chi connectivity index (χ1n) is 6.71. The maximum Gasteiger partial charge on any atom is 0.342 e. The van der Waals surface area contributed by atoms with Gasteiger partial charge in [-0.2, -0.15) is 0 Å². The summed E-state index contributed by atoms with van der Waals surface area (Å²) in [5, 5.41) is 0.763. The van der Waals surface area contributed by atoms with Crippen LogP contribution in [0, 0.1) is 0 Å². The zero-order valence-electron chi connectivity index (χ0n) is 11.4. The van der Waals surface area contributed by atoms with E-state index in [0.29, 0.717) is 17.1 Å². The van der Waals surface area contributed by atoms with E-state index in [4.69, 9.17) is 14.2 Å². The highest BCUT2D eigenvalue weighted by Gasteiger charge is 2.23. The van der Waals surface area contributed by atoms with Gasteiger partial charge in [0.2, 0.25) is 6.79 Å². The van der Waals surface area contributed by atoms with Crippen molar-refractivity contribution in [3.8, 4) is 11.5 Å². The summed E-state index contributed by atoms with van der Waals surface area (Å²) in [4.78, 5) is 16.6. The molecule has 1 aliphatic heterocycles. The number of thiazole rings is 1. The number of aromatic nitrogens is 1. The second-order valence-electron chi connectivity index (χ2n) is 4.69. The van der Waals surface area contributed by atoms with Crippen LogP contribution in [-0.2, 0) is 11.3 Å². The van der Waals surface area contributed by atoms with Gasteiger partial charge in [0.25, 0.3) is 0 Å². The highest BCUT2D eigenvalue weighted by Crippen LogP contribution is 2.35. The third kappa shape index (κ3) is 2.27. The smallest absolute Gasteiger partial charge is 0.342 e. The van der Waals surface area contributed by atoms with Crippen LogP contribution >= 0.6 is 11.3 Å². The van der Waals surface area contributed by atoms with Crippen molar-refractivity contribution >= 4 is 27.5 Å². The van der Waals surface area contributed by atoms with E-state index in [1.165, 1.54) is 11.3 Å². The first kappa shape index (κ1) is 13.1. The number of fused-ring (bicyclic) bond motifs is 2. The van der Waals surface area contributed by atoms with E-state index in [9.17, 15) is 4.79 Å². The fourth-order valence-electron chi connectivity index (χ4n) is 2.28. The van der Waals surface area contributed by atoms with Crippen LogP contribution in [0.2, 0.25) is 0 Å². The van der Waals surface area contributed by atoms with Crippen LogP contribution in [0.15, 0.2) is 42.5 Å². The largest absolute Gasteiger partial charge is 0.455 e. The molecule has 0 saturated heterocycles. The summed E-state index contributed by atoms with van der Waals surface area (Å²) in [6.07, 6.45) is 0. The number of rotatable bonds is 3. The molecule has 1 aliphatic rings. The number of carbonyl (C=O) groups is 1. The molecule has 1 aromatic heterocycles. The number of esters is 1. The molecule has 2 heterocycles. The third-order valence-electron chi connectivity index (χ3n) is 3.28. The van der Waals surface area contributed by atoms with Gasteiger partial charge in [-0.3, -0.25) is 0 Å². The fraction of sp³-hybridized carbons (Fsp3) is 0.125. The van der Waals surface area contributed by atoms with Crippen LogP contribution in [0.3, 0.4) is 0 Å². The Bertz CT molecular complexity index is 825. The van der Waals surface area contributed by atoms with Gasteiger partial charge in [0, 0.05) is 0 Å². The van der Waals surface area contributed by atoms with Crippen LogP contribution in [0.4, 0.5) is 0 Å². The summed E-state index contributed by atoms with van der Waals surface area (Å²) in [7, 11) is 0. The first-order chi connectivity index (χ1) is 10.8. The van der Waals surface area contributed by atoms with Crippen LogP contribution < -0.4 is 9.47 Å². The minimum Gasteiger partial charge on any atom is -0.455 e. The topological polar surface area (TPSA) is 57.7 Å². The molecule has 6 heteroatoms. The number of ether oxygens (including phenoxy) is 3. The maximum atomic E-state index is 12.2. The summed E-state index contributed by atoms with van der Waals surface area (Å²) in [6, 6.07) is 13.0. The molecule has 2 aromatic carbocycles. The zero-order chi connectivity index (χ0) is 14.9. The van der Waals surface area contributed by atoms with E-state index in [1.807, 2.05) is 24.3 Å². The Balaban J connectivity index is 1.52. The molecule has 5 nitrogen and oxygen atoms in total. The van der Waals surface area contributed by atoms with Gasteiger partial charge in [0.15, 0.2) is 11.5 Å². The van der Waals surface area contributed by atoms with Gasteiger partial charge in [-0.25, -0.2) is 9.78 Å². The van der Waals surface area contributed by atoms with Gasteiger partial charge in [0.05, 0.1) is 10.2 Å². The number of hydrogen-bond acceptors (Lipinski definition) is 6. The average molecular weight is 313 g/mol. The Morgan fingerprint density at radius 2 is 2.09 bits per heavy atom. The molecule has 0 amide bonds. The summed E-state index contributed by atoms with van der Waals surface area (Å²) in [6.45, 7) is 0.264. The lowest BCUT2D eigenvalue weighted by Gasteiger charge is -2.05. The van der Waals surface area contributed by atoms with Crippen molar-refractivity contribution in [2.45, 2.75) is 6.61 Å². The van der Waals surface area contributed by atoms with Crippen molar-refractivity contribution in [2.75, 3.05) is 6.79 Å². The molecule has 22 heavy (non-hydrogen) atoms. The molecule has 110 valence electrons. The Morgan fingerprint density at radius 3 is 3.00 bits per heavy atom. The second-order valence-corrected chi connectivity index (χ2v) is 5.81. The number of benzene rings is 2.